The van der Waals surface area contributed by atoms with Gasteiger partial charge in [0.2, 0.25) is 0 Å². The van der Waals surface area contributed by atoms with E-state index in [2.05, 4.69) is 68.1 Å². The lowest BCUT2D eigenvalue weighted by Crippen LogP contribution is -2.47. The number of carbonyl (C=O) groups is 1. The standard InChI is InChI=1S/C28H35N5OS/c1-21(2)25-18-26(32(4)19-22-8-6-5-7-9-22)30-28(29-25)35-20-23-10-12-24(13-11-23)27(34)33-16-14-31(3)15-17-33/h5-13,18,21H,14-17,19-20H2,1-4H3. The first-order valence-electron chi connectivity index (χ1n) is 12.2. The summed E-state index contributed by atoms with van der Waals surface area (Å²) in [4.78, 5) is 28.8. The molecule has 1 aliphatic rings. The van der Waals surface area contributed by atoms with Gasteiger partial charge in [0.25, 0.3) is 5.91 Å². The van der Waals surface area contributed by atoms with Gasteiger partial charge in [0.15, 0.2) is 5.16 Å². The normalized spacial score (nSPS) is 14.4. The molecule has 4 rings (SSSR count). The van der Waals surface area contributed by atoms with E-state index in [4.69, 9.17) is 9.97 Å². The van der Waals surface area contributed by atoms with Crippen molar-refractivity contribution < 1.29 is 4.79 Å². The lowest BCUT2D eigenvalue weighted by molar-refractivity contribution is 0.0664. The van der Waals surface area contributed by atoms with Crippen molar-refractivity contribution in [1.82, 2.24) is 19.8 Å². The Morgan fingerprint density at radius 3 is 2.31 bits per heavy atom. The highest BCUT2D eigenvalue weighted by molar-refractivity contribution is 7.98. The second kappa shape index (κ2) is 11.7. The van der Waals surface area contributed by atoms with Crippen molar-refractivity contribution in [2.45, 2.75) is 37.2 Å². The number of piperazine rings is 1. The van der Waals surface area contributed by atoms with Crippen LogP contribution in [-0.4, -0.2) is 65.9 Å². The molecule has 184 valence electrons. The molecule has 6 nitrogen and oxygen atoms in total. The molecule has 0 saturated carbocycles. The summed E-state index contributed by atoms with van der Waals surface area (Å²) in [6.07, 6.45) is 0. The van der Waals surface area contributed by atoms with E-state index in [0.29, 0.717) is 5.92 Å². The molecule has 1 saturated heterocycles. The van der Waals surface area contributed by atoms with E-state index in [1.165, 1.54) is 5.56 Å². The van der Waals surface area contributed by atoms with Crippen LogP contribution < -0.4 is 4.90 Å². The molecule has 7 heteroatoms. The van der Waals surface area contributed by atoms with E-state index >= 15 is 0 Å². The summed E-state index contributed by atoms with van der Waals surface area (Å²) in [5.41, 5.74) is 4.21. The highest BCUT2D eigenvalue weighted by Crippen LogP contribution is 2.26. The molecule has 0 spiro atoms. The van der Waals surface area contributed by atoms with Crippen LogP contribution in [0.25, 0.3) is 0 Å². The summed E-state index contributed by atoms with van der Waals surface area (Å²) in [6, 6.07) is 20.5. The van der Waals surface area contributed by atoms with Gasteiger partial charge in [-0.15, -0.1) is 0 Å². The van der Waals surface area contributed by atoms with Crippen molar-refractivity contribution in [3.05, 3.63) is 83.0 Å². The largest absolute Gasteiger partial charge is 0.355 e. The smallest absolute Gasteiger partial charge is 0.253 e. The van der Waals surface area contributed by atoms with Gasteiger partial charge in [-0.3, -0.25) is 4.79 Å². The fourth-order valence-corrected chi connectivity index (χ4v) is 4.82. The van der Waals surface area contributed by atoms with E-state index < -0.39 is 0 Å². The molecule has 0 bridgehead atoms. The average molecular weight is 490 g/mol. The van der Waals surface area contributed by atoms with Gasteiger partial charge in [-0.05, 0) is 36.2 Å². The molecular formula is C28H35N5OS. The summed E-state index contributed by atoms with van der Waals surface area (Å²) >= 11 is 1.64. The maximum absolute atomic E-state index is 12.8. The number of amides is 1. The van der Waals surface area contributed by atoms with Crippen LogP contribution in [0.1, 0.15) is 46.9 Å². The minimum absolute atomic E-state index is 0.122. The van der Waals surface area contributed by atoms with Crippen LogP contribution in [0.15, 0.2) is 65.8 Å². The molecule has 2 aromatic carbocycles. The van der Waals surface area contributed by atoms with Gasteiger partial charge < -0.3 is 14.7 Å². The molecule has 0 radical (unpaired) electrons. The monoisotopic (exact) mass is 489 g/mol. The minimum Gasteiger partial charge on any atom is -0.355 e. The average Bonchev–Trinajstić information content (AvgIpc) is 2.88. The van der Waals surface area contributed by atoms with Crippen LogP contribution in [0.4, 0.5) is 5.82 Å². The van der Waals surface area contributed by atoms with Crippen LogP contribution in [0, 0.1) is 0 Å². The molecule has 0 N–H and O–H groups in total. The van der Waals surface area contributed by atoms with Gasteiger partial charge in [0.1, 0.15) is 5.82 Å². The summed E-state index contributed by atoms with van der Waals surface area (Å²) in [6.45, 7) is 8.55. The molecule has 0 aliphatic carbocycles. The number of rotatable bonds is 8. The van der Waals surface area contributed by atoms with Crippen molar-refractivity contribution in [2.75, 3.05) is 45.2 Å². The number of hydrogen-bond acceptors (Lipinski definition) is 6. The number of nitrogens with zero attached hydrogens (tertiary/aromatic N) is 5. The zero-order chi connectivity index (χ0) is 24.8. The molecule has 1 fully saturated rings. The van der Waals surface area contributed by atoms with Gasteiger partial charge in [0.05, 0.1) is 0 Å². The molecule has 0 unspecified atom stereocenters. The van der Waals surface area contributed by atoms with E-state index in [1.54, 1.807) is 11.8 Å². The molecule has 3 aromatic rings. The maximum Gasteiger partial charge on any atom is 0.253 e. The predicted octanol–water partition coefficient (Wildman–Crippen LogP) is 4.92. The quantitative estimate of drug-likeness (QED) is 0.331. The van der Waals surface area contributed by atoms with Gasteiger partial charge in [-0.1, -0.05) is 68.1 Å². The van der Waals surface area contributed by atoms with Crippen molar-refractivity contribution in [2.24, 2.45) is 0 Å². The third-order valence-electron chi connectivity index (χ3n) is 6.32. The summed E-state index contributed by atoms with van der Waals surface area (Å²) < 4.78 is 0. The molecule has 35 heavy (non-hydrogen) atoms. The summed E-state index contributed by atoms with van der Waals surface area (Å²) in [5.74, 6) is 2.13. The Bertz CT molecular complexity index is 1110. The molecule has 2 heterocycles. The van der Waals surface area contributed by atoms with Crippen LogP contribution >= 0.6 is 11.8 Å². The fraction of sp³-hybridized carbons (Fsp3) is 0.393. The van der Waals surface area contributed by atoms with Gasteiger partial charge in [0, 0.05) is 62.8 Å². The SMILES string of the molecule is CC(C)c1cc(N(C)Cc2ccccc2)nc(SCc2ccc(C(=O)N3CCN(C)CC3)cc2)n1. The summed E-state index contributed by atoms with van der Waals surface area (Å²) in [5, 5.41) is 0.781. The van der Waals surface area contributed by atoms with E-state index in [0.717, 1.165) is 66.3 Å². The zero-order valence-corrected chi connectivity index (χ0v) is 22.0. The Balaban J connectivity index is 1.41. The molecule has 1 amide bonds. The van der Waals surface area contributed by atoms with Gasteiger partial charge in [-0.25, -0.2) is 9.97 Å². The number of hydrogen-bond donors (Lipinski definition) is 0. The number of benzene rings is 2. The van der Waals surface area contributed by atoms with Crippen molar-refractivity contribution in [3.8, 4) is 0 Å². The highest BCUT2D eigenvalue weighted by Gasteiger charge is 2.20. The molecule has 0 atom stereocenters. The first kappa shape index (κ1) is 25.2. The maximum atomic E-state index is 12.8. The van der Waals surface area contributed by atoms with Crippen molar-refractivity contribution >= 4 is 23.5 Å². The topological polar surface area (TPSA) is 52.6 Å². The predicted molar refractivity (Wildman–Crippen MR) is 144 cm³/mol. The Morgan fingerprint density at radius 2 is 1.66 bits per heavy atom. The van der Waals surface area contributed by atoms with Crippen LogP contribution in [0.3, 0.4) is 0 Å². The molecule has 1 aromatic heterocycles. The number of thioether (sulfide) groups is 1. The van der Waals surface area contributed by atoms with Crippen LogP contribution in [-0.2, 0) is 12.3 Å². The third-order valence-corrected chi connectivity index (χ3v) is 7.23. The van der Waals surface area contributed by atoms with Crippen LogP contribution in [0.5, 0.6) is 0 Å². The first-order valence-corrected chi connectivity index (χ1v) is 13.2. The fourth-order valence-electron chi connectivity index (χ4n) is 4.01. The first-order chi connectivity index (χ1) is 16.9. The number of likely N-dealkylation sites (N-methyl/N-ethyl adjacent to an activating group) is 1. The number of carbonyl (C=O) groups excluding carboxylic acids is 1. The zero-order valence-electron chi connectivity index (χ0n) is 21.1. The van der Waals surface area contributed by atoms with Crippen LogP contribution in [0.2, 0.25) is 0 Å². The van der Waals surface area contributed by atoms with Crippen molar-refractivity contribution in [1.29, 1.82) is 0 Å². The van der Waals surface area contributed by atoms with E-state index in [9.17, 15) is 4.79 Å². The van der Waals surface area contributed by atoms with E-state index in [-0.39, 0.29) is 5.91 Å². The molecule has 1 aliphatic heterocycles. The Labute approximate surface area is 213 Å². The Morgan fingerprint density at radius 1 is 0.971 bits per heavy atom. The second-order valence-electron chi connectivity index (χ2n) is 9.51. The Kier molecular flexibility index (Phi) is 8.42. The number of anilines is 1. The minimum atomic E-state index is 0.122. The van der Waals surface area contributed by atoms with E-state index in [1.807, 2.05) is 35.2 Å². The lowest BCUT2D eigenvalue weighted by Gasteiger charge is -2.32. The lowest BCUT2D eigenvalue weighted by atomic mass is 10.1. The highest BCUT2D eigenvalue weighted by atomic mass is 32.2. The van der Waals surface area contributed by atoms with Gasteiger partial charge >= 0.3 is 0 Å². The molecular weight excluding hydrogens is 454 g/mol. The Hall–Kier alpha value is -2.90. The second-order valence-corrected chi connectivity index (χ2v) is 10.5. The number of aromatic nitrogens is 2. The summed E-state index contributed by atoms with van der Waals surface area (Å²) in [7, 11) is 4.17. The third kappa shape index (κ3) is 6.83. The van der Waals surface area contributed by atoms with Gasteiger partial charge in [-0.2, -0.15) is 0 Å². The van der Waals surface area contributed by atoms with Crippen molar-refractivity contribution in [3.63, 3.8) is 0 Å².